The molecular weight excluding hydrogens is 164 g/mol. The van der Waals surface area contributed by atoms with Crippen LogP contribution in [0.1, 0.15) is 25.3 Å². The zero-order valence-corrected chi connectivity index (χ0v) is 7.91. The molecule has 1 unspecified atom stereocenters. The summed E-state index contributed by atoms with van der Waals surface area (Å²) < 4.78 is 4.91. The molecule has 0 heterocycles. The first kappa shape index (κ1) is 9.78. The van der Waals surface area contributed by atoms with Crippen molar-refractivity contribution in [3.8, 4) is 0 Å². The van der Waals surface area contributed by atoms with Gasteiger partial charge in [-0.2, -0.15) is 0 Å². The quantitative estimate of drug-likeness (QED) is 0.661. The van der Waals surface area contributed by atoms with E-state index in [0.29, 0.717) is 6.61 Å². The van der Waals surface area contributed by atoms with Crippen molar-refractivity contribution in [2.24, 2.45) is 0 Å². The molecule has 0 saturated heterocycles. The SMILES string of the molecule is CCOC(=O)C(C)c1cc[c]cc1. The highest BCUT2D eigenvalue weighted by molar-refractivity contribution is 5.77. The molecule has 0 saturated carbocycles. The first-order valence-electron chi connectivity index (χ1n) is 4.38. The van der Waals surface area contributed by atoms with E-state index in [-0.39, 0.29) is 11.9 Å². The molecule has 2 heteroatoms. The van der Waals surface area contributed by atoms with Gasteiger partial charge in [0.25, 0.3) is 0 Å². The Hall–Kier alpha value is -1.31. The van der Waals surface area contributed by atoms with Gasteiger partial charge in [-0.25, -0.2) is 0 Å². The van der Waals surface area contributed by atoms with Crippen molar-refractivity contribution >= 4 is 5.97 Å². The van der Waals surface area contributed by atoms with Crippen LogP contribution >= 0.6 is 0 Å². The summed E-state index contributed by atoms with van der Waals surface area (Å²) in [7, 11) is 0. The van der Waals surface area contributed by atoms with Crippen LogP contribution in [0.15, 0.2) is 24.3 Å². The van der Waals surface area contributed by atoms with Gasteiger partial charge in [-0.1, -0.05) is 24.3 Å². The normalized spacial score (nSPS) is 12.2. The molecule has 0 spiro atoms. The third-order valence-corrected chi connectivity index (χ3v) is 1.88. The molecule has 13 heavy (non-hydrogen) atoms. The van der Waals surface area contributed by atoms with Crippen LogP contribution in [0.25, 0.3) is 0 Å². The van der Waals surface area contributed by atoms with Crippen LogP contribution in [0.4, 0.5) is 0 Å². The minimum atomic E-state index is -0.186. The molecular formula is C11H13O2. The number of esters is 1. The Kier molecular flexibility index (Phi) is 3.50. The molecule has 1 atom stereocenters. The van der Waals surface area contributed by atoms with Crippen molar-refractivity contribution in [3.05, 3.63) is 35.9 Å². The Morgan fingerprint density at radius 1 is 1.54 bits per heavy atom. The van der Waals surface area contributed by atoms with Gasteiger partial charge in [0.2, 0.25) is 0 Å². The fourth-order valence-corrected chi connectivity index (χ4v) is 1.09. The average Bonchev–Trinajstić information content (AvgIpc) is 2.18. The average molecular weight is 177 g/mol. The zero-order valence-electron chi connectivity index (χ0n) is 7.91. The van der Waals surface area contributed by atoms with Crippen molar-refractivity contribution in [2.75, 3.05) is 6.61 Å². The fraction of sp³-hybridized carbons (Fsp3) is 0.364. The third kappa shape index (κ3) is 2.58. The molecule has 0 aliphatic heterocycles. The van der Waals surface area contributed by atoms with Crippen molar-refractivity contribution in [3.63, 3.8) is 0 Å². The maximum absolute atomic E-state index is 11.3. The highest BCUT2D eigenvalue weighted by Crippen LogP contribution is 2.15. The van der Waals surface area contributed by atoms with E-state index in [9.17, 15) is 4.79 Å². The molecule has 2 nitrogen and oxygen atoms in total. The lowest BCUT2D eigenvalue weighted by molar-refractivity contribution is -0.144. The molecule has 1 rings (SSSR count). The Morgan fingerprint density at radius 3 is 2.69 bits per heavy atom. The van der Waals surface area contributed by atoms with Crippen molar-refractivity contribution < 1.29 is 9.53 Å². The van der Waals surface area contributed by atoms with E-state index < -0.39 is 0 Å². The van der Waals surface area contributed by atoms with E-state index in [4.69, 9.17) is 4.74 Å². The van der Waals surface area contributed by atoms with Crippen LogP contribution in [0, 0.1) is 6.07 Å². The second kappa shape index (κ2) is 4.65. The number of hydrogen-bond donors (Lipinski definition) is 0. The third-order valence-electron chi connectivity index (χ3n) is 1.88. The molecule has 0 fully saturated rings. The van der Waals surface area contributed by atoms with Crippen molar-refractivity contribution in [1.29, 1.82) is 0 Å². The van der Waals surface area contributed by atoms with Gasteiger partial charge in [-0.05, 0) is 25.5 Å². The molecule has 0 aromatic heterocycles. The maximum atomic E-state index is 11.3. The van der Waals surface area contributed by atoms with Gasteiger partial charge in [0.05, 0.1) is 12.5 Å². The summed E-state index contributed by atoms with van der Waals surface area (Å²) in [5.41, 5.74) is 0.970. The van der Waals surface area contributed by atoms with Gasteiger partial charge >= 0.3 is 5.97 Å². The first-order chi connectivity index (χ1) is 6.25. The van der Waals surface area contributed by atoms with Crippen LogP contribution in [0.5, 0.6) is 0 Å². The summed E-state index contributed by atoms with van der Waals surface area (Å²) in [6.45, 7) is 4.08. The summed E-state index contributed by atoms with van der Waals surface area (Å²) in [5.74, 6) is -0.358. The number of benzene rings is 1. The summed E-state index contributed by atoms with van der Waals surface area (Å²) in [6, 6.07) is 10.3. The predicted octanol–water partition coefficient (Wildman–Crippen LogP) is 2.15. The van der Waals surface area contributed by atoms with Crippen LogP contribution in [0.2, 0.25) is 0 Å². The molecule has 1 aromatic carbocycles. The highest BCUT2D eigenvalue weighted by atomic mass is 16.5. The number of ether oxygens (including phenoxy) is 1. The zero-order chi connectivity index (χ0) is 9.68. The lowest BCUT2D eigenvalue weighted by Gasteiger charge is -2.09. The molecule has 1 aromatic rings. The number of hydrogen-bond acceptors (Lipinski definition) is 2. The van der Waals surface area contributed by atoms with E-state index in [0.717, 1.165) is 5.56 Å². The lowest BCUT2D eigenvalue weighted by atomic mass is 10.0. The fourth-order valence-electron chi connectivity index (χ4n) is 1.09. The molecule has 0 N–H and O–H groups in total. The van der Waals surface area contributed by atoms with Crippen LogP contribution in [0.3, 0.4) is 0 Å². The van der Waals surface area contributed by atoms with E-state index in [2.05, 4.69) is 6.07 Å². The molecule has 0 amide bonds. The van der Waals surface area contributed by atoms with E-state index >= 15 is 0 Å². The second-order valence-electron chi connectivity index (χ2n) is 2.81. The number of carbonyl (C=O) groups is 1. The second-order valence-corrected chi connectivity index (χ2v) is 2.81. The summed E-state index contributed by atoms with van der Waals surface area (Å²) in [5, 5.41) is 0. The largest absolute Gasteiger partial charge is 0.466 e. The molecule has 1 radical (unpaired) electrons. The molecule has 0 bridgehead atoms. The highest BCUT2D eigenvalue weighted by Gasteiger charge is 2.15. The molecule has 0 aliphatic carbocycles. The Labute approximate surface area is 78.5 Å². The smallest absolute Gasteiger partial charge is 0.313 e. The summed E-state index contributed by atoms with van der Waals surface area (Å²) >= 11 is 0. The first-order valence-corrected chi connectivity index (χ1v) is 4.38. The minimum Gasteiger partial charge on any atom is -0.466 e. The topological polar surface area (TPSA) is 26.3 Å². The van der Waals surface area contributed by atoms with E-state index in [1.165, 1.54) is 0 Å². The monoisotopic (exact) mass is 177 g/mol. The Bertz CT molecular complexity index is 267. The maximum Gasteiger partial charge on any atom is 0.313 e. The predicted molar refractivity (Wildman–Crippen MR) is 50.3 cm³/mol. The van der Waals surface area contributed by atoms with Crippen molar-refractivity contribution in [2.45, 2.75) is 19.8 Å². The standard InChI is InChI=1S/C11H13O2/c1-3-13-11(12)9(2)10-7-5-4-6-8-10/h5-9H,3H2,1-2H3. The lowest BCUT2D eigenvalue weighted by Crippen LogP contribution is -2.12. The van der Waals surface area contributed by atoms with Gasteiger partial charge in [0.1, 0.15) is 0 Å². The van der Waals surface area contributed by atoms with Crippen LogP contribution < -0.4 is 0 Å². The Balaban J connectivity index is 2.68. The number of rotatable bonds is 3. The summed E-state index contributed by atoms with van der Waals surface area (Å²) in [6.07, 6.45) is 0. The van der Waals surface area contributed by atoms with Crippen LogP contribution in [-0.4, -0.2) is 12.6 Å². The van der Waals surface area contributed by atoms with Gasteiger partial charge in [0.15, 0.2) is 0 Å². The van der Waals surface area contributed by atoms with Gasteiger partial charge in [-0.15, -0.1) is 0 Å². The van der Waals surface area contributed by atoms with Gasteiger partial charge < -0.3 is 4.74 Å². The van der Waals surface area contributed by atoms with Crippen molar-refractivity contribution in [1.82, 2.24) is 0 Å². The van der Waals surface area contributed by atoms with Gasteiger partial charge in [-0.3, -0.25) is 4.79 Å². The number of carbonyl (C=O) groups excluding carboxylic acids is 1. The molecule has 69 valence electrons. The van der Waals surface area contributed by atoms with E-state index in [1.807, 2.05) is 26.0 Å². The molecule has 0 aliphatic rings. The van der Waals surface area contributed by atoms with Crippen LogP contribution in [-0.2, 0) is 9.53 Å². The van der Waals surface area contributed by atoms with E-state index in [1.54, 1.807) is 12.1 Å². The van der Waals surface area contributed by atoms with Gasteiger partial charge in [0, 0.05) is 0 Å². The Morgan fingerprint density at radius 2 is 2.15 bits per heavy atom. The summed E-state index contributed by atoms with van der Waals surface area (Å²) in [4.78, 5) is 11.3. The minimum absolute atomic E-state index is 0.172.